The molecule has 1 heterocycles. The van der Waals surface area contributed by atoms with Crippen LogP contribution in [0.4, 0.5) is 0 Å². The lowest BCUT2D eigenvalue weighted by Crippen LogP contribution is -2.35. The lowest BCUT2D eigenvalue weighted by molar-refractivity contribution is 0.152. The van der Waals surface area contributed by atoms with E-state index in [9.17, 15) is 0 Å². The van der Waals surface area contributed by atoms with Gasteiger partial charge in [-0.05, 0) is 26.7 Å². The summed E-state index contributed by atoms with van der Waals surface area (Å²) >= 11 is 0. The van der Waals surface area contributed by atoms with E-state index in [2.05, 4.69) is 12.2 Å². The molecule has 2 heteroatoms. The van der Waals surface area contributed by atoms with Crippen molar-refractivity contribution in [2.24, 2.45) is 0 Å². The van der Waals surface area contributed by atoms with Crippen molar-refractivity contribution in [2.45, 2.75) is 44.9 Å². The minimum Gasteiger partial charge on any atom is -0.392 e. The highest BCUT2D eigenvalue weighted by molar-refractivity contribution is 4.83. The molecule has 0 amide bonds. The summed E-state index contributed by atoms with van der Waals surface area (Å²) in [6.45, 7) is 4.00. The summed E-state index contributed by atoms with van der Waals surface area (Å²) in [5.74, 6) is 0. The Morgan fingerprint density at radius 1 is 1.56 bits per heavy atom. The van der Waals surface area contributed by atoms with Crippen LogP contribution in [0.25, 0.3) is 0 Å². The first kappa shape index (κ1) is 7.03. The Labute approximate surface area is 56.3 Å². The molecule has 1 unspecified atom stereocenters. The van der Waals surface area contributed by atoms with Crippen LogP contribution in [0.3, 0.4) is 0 Å². The van der Waals surface area contributed by atoms with Crippen LogP contribution in [0.1, 0.15) is 26.7 Å². The smallest absolute Gasteiger partial charge is 0.0665 e. The number of aliphatic hydroxyl groups is 1. The molecule has 1 fully saturated rings. The fraction of sp³-hybridized carbons (Fsp3) is 1.00. The molecule has 0 spiro atoms. The van der Waals surface area contributed by atoms with Crippen molar-refractivity contribution < 1.29 is 5.11 Å². The minimum atomic E-state index is -0.185. The van der Waals surface area contributed by atoms with Gasteiger partial charge in [0.1, 0.15) is 0 Å². The van der Waals surface area contributed by atoms with Crippen molar-refractivity contribution in [3.05, 3.63) is 0 Å². The fourth-order valence-corrected chi connectivity index (χ4v) is 1.34. The van der Waals surface area contributed by atoms with Crippen molar-refractivity contribution in [1.82, 2.24) is 5.32 Å². The van der Waals surface area contributed by atoms with Gasteiger partial charge in [0.15, 0.2) is 0 Å². The third-order valence-corrected chi connectivity index (χ3v) is 1.99. The molecule has 54 valence electrons. The molecule has 2 N–H and O–H groups in total. The van der Waals surface area contributed by atoms with Crippen molar-refractivity contribution in [3.8, 4) is 0 Å². The maximum absolute atomic E-state index is 9.11. The van der Waals surface area contributed by atoms with Crippen LogP contribution in [-0.4, -0.2) is 23.3 Å². The number of rotatable bonds is 1. The van der Waals surface area contributed by atoms with Gasteiger partial charge < -0.3 is 10.4 Å². The number of aliphatic hydroxyl groups excluding tert-OH is 1. The van der Waals surface area contributed by atoms with Gasteiger partial charge in [-0.3, -0.25) is 0 Å². The van der Waals surface area contributed by atoms with E-state index in [1.54, 1.807) is 0 Å². The average molecular weight is 129 g/mol. The molecule has 0 aromatic heterocycles. The van der Waals surface area contributed by atoms with Gasteiger partial charge in [0.2, 0.25) is 0 Å². The summed E-state index contributed by atoms with van der Waals surface area (Å²) in [6, 6.07) is 0.949. The summed E-state index contributed by atoms with van der Waals surface area (Å²) in [6.07, 6.45) is 2.14. The van der Waals surface area contributed by atoms with Crippen LogP contribution < -0.4 is 5.32 Å². The van der Waals surface area contributed by atoms with Crippen LogP contribution in [-0.2, 0) is 0 Å². The lowest BCUT2D eigenvalue weighted by atomic mass is 10.1. The Morgan fingerprint density at radius 2 is 2.22 bits per heavy atom. The molecule has 0 aliphatic carbocycles. The standard InChI is InChI=1S/C7H15NO/c1-5-3-4-7(8-5)6(2)9/h5-9H,3-4H2,1-2H3/t5?,6-,7-/m1/s1. The maximum atomic E-state index is 9.11. The molecule has 1 rings (SSSR count). The molecule has 1 saturated heterocycles. The quantitative estimate of drug-likeness (QED) is 0.540. The highest BCUT2D eigenvalue weighted by Gasteiger charge is 2.23. The van der Waals surface area contributed by atoms with E-state index in [4.69, 9.17) is 5.11 Å². The van der Waals surface area contributed by atoms with Gasteiger partial charge in [0, 0.05) is 12.1 Å². The molecule has 1 aliphatic rings. The minimum absolute atomic E-state index is 0.185. The summed E-state index contributed by atoms with van der Waals surface area (Å²) < 4.78 is 0. The zero-order valence-electron chi connectivity index (χ0n) is 6.09. The van der Waals surface area contributed by atoms with E-state index in [1.807, 2.05) is 6.92 Å². The maximum Gasteiger partial charge on any atom is 0.0665 e. The van der Waals surface area contributed by atoms with Crippen molar-refractivity contribution in [1.29, 1.82) is 0 Å². The first-order chi connectivity index (χ1) is 4.20. The Kier molecular flexibility index (Phi) is 2.09. The second kappa shape index (κ2) is 2.67. The van der Waals surface area contributed by atoms with E-state index < -0.39 is 0 Å². The Bertz CT molecular complexity index is 92.9. The van der Waals surface area contributed by atoms with E-state index in [-0.39, 0.29) is 6.10 Å². The van der Waals surface area contributed by atoms with Gasteiger partial charge in [-0.2, -0.15) is 0 Å². The van der Waals surface area contributed by atoms with Gasteiger partial charge in [-0.25, -0.2) is 0 Å². The largest absolute Gasteiger partial charge is 0.392 e. The normalized spacial score (nSPS) is 39.0. The lowest BCUT2D eigenvalue weighted by Gasteiger charge is -2.13. The topological polar surface area (TPSA) is 32.3 Å². The van der Waals surface area contributed by atoms with Gasteiger partial charge in [0.25, 0.3) is 0 Å². The average Bonchev–Trinajstić information content (AvgIpc) is 2.14. The highest BCUT2D eigenvalue weighted by Crippen LogP contribution is 2.13. The number of nitrogens with one attached hydrogen (secondary N) is 1. The predicted molar refractivity (Wildman–Crippen MR) is 37.3 cm³/mol. The van der Waals surface area contributed by atoms with Gasteiger partial charge in [0.05, 0.1) is 6.10 Å². The first-order valence-electron chi connectivity index (χ1n) is 3.64. The van der Waals surface area contributed by atoms with E-state index in [0.717, 1.165) is 6.42 Å². The molecule has 9 heavy (non-hydrogen) atoms. The predicted octanol–water partition coefficient (Wildman–Crippen LogP) is 0.508. The highest BCUT2D eigenvalue weighted by atomic mass is 16.3. The van der Waals surface area contributed by atoms with Gasteiger partial charge >= 0.3 is 0 Å². The number of hydrogen-bond donors (Lipinski definition) is 2. The van der Waals surface area contributed by atoms with Gasteiger partial charge in [-0.1, -0.05) is 0 Å². The molecule has 0 aromatic carbocycles. The summed E-state index contributed by atoms with van der Waals surface area (Å²) in [4.78, 5) is 0. The Hall–Kier alpha value is -0.0800. The zero-order valence-corrected chi connectivity index (χ0v) is 6.09. The Morgan fingerprint density at radius 3 is 2.44 bits per heavy atom. The van der Waals surface area contributed by atoms with Crippen molar-refractivity contribution in [2.75, 3.05) is 0 Å². The van der Waals surface area contributed by atoms with Crippen molar-refractivity contribution in [3.63, 3.8) is 0 Å². The first-order valence-corrected chi connectivity index (χ1v) is 3.64. The monoisotopic (exact) mass is 129 g/mol. The Balaban J connectivity index is 2.30. The van der Waals surface area contributed by atoms with Crippen LogP contribution >= 0.6 is 0 Å². The molecule has 2 nitrogen and oxygen atoms in total. The second-order valence-corrected chi connectivity index (χ2v) is 2.99. The molecular formula is C7H15NO. The summed E-state index contributed by atoms with van der Waals surface area (Å²) in [5, 5.41) is 12.4. The molecular weight excluding hydrogens is 114 g/mol. The van der Waals surface area contributed by atoms with Crippen LogP contribution in [0.15, 0.2) is 0 Å². The molecule has 3 atom stereocenters. The fourth-order valence-electron chi connectivity index (χ4n) is 1.34. The third-order valence-electron chi connectivity index (χ3n) is 1.99. The molecule has 0 bridgehead atoms. The number of hydrogen-bond acceptors (Lipinski definition) is 2. The van der Waals surface area contributed by atoms with Crippen LogP contribution in [0, 0.1) is 0 Å². The van der Waals surface area contributed by atoms with Crippen LogP contribution in [0.5, 0.6) is 0 Å². The SMILES string of the molecule is CC1CC[C@H]([C@@H](C)O)N1. The zero-order chi connectivity index (χ0) is 6.85. The van der Waals surface area contributed by atoms with Crippen molar-refractivity contribution >= 4 is 0 Å². The molecule has 0 aromatic rings. The van der Waals surface area contributed by atoms with Gasteiger partial charge in [-0.15, -0.1) is 0 Å². The van der Waals surface area contributed by atoms with Crippen LogP contribution in [0.2, 0.25) is 0 Å². The molecule has 1 aliphatic heterocycles. The summed E-state index contributed by atoms with van der Waals surface area (Å²) in [7, 11) is 0. The van der Waals surface area contributed by atoms with E-state index in [1.165, 1.54) is 6.42 Å². The summed E-state index contributed by atoms with van der Waals surface area (Å²) in [5.41, 5.74) is 0. The van der Waals surface area contributed by atoms with E-state index >= 15 is 0 Å². The third kappa shape index (κ3) is 1.66. The van der Waals surface area contributed by atoms with E-state index in [0.29, 0.717) is 12.1 Å². The molecule has 0 radical (unpaired) electrons. The molecule has 0 saturated carbocycles. The second-order valence-electron chi connectivity index (χ2n) is 2.99.